The number of rotatable bonds is 3. The molecular formula is C11H12N4O2. The average Bonchev–Trinajstić information content (AvgIpc) is 2.81. The third-order valence-corrected chi connectivity index (χ3v) is 2.16. The van der Waals surface area contributed by atoms with Crippen LogP contribution in [0, 0.1) is 0 Å². The molecule has 0 bridgehead atoms. The molecule has 2 rings (SSSR count). The summed E-state index contributed by atoms with van der Waals surface area (Å²) in [5, 5.41) is 2.60. The van der Waals surface area contributed by atoms with Gasteiger partial charge in [0.2, 0.25) is 5.95 Å². The smallest absolute Gasteiger partial charge is 0.258 e. The number of nitrogens with one attached hydrogen (secondary N) is 2. The molecule has 0 atom stereocenters. The van der Waals surface area contributed by atoms with E-state index < -0.39 is 0 Å². The lowest BCUT2D eigenvalue weighted by molar-refractivity contribution is 0.102. The van der Waals surface area contributed by atoms with Crippen molar-refractivity contribution in [3.63, 3.8) is 0 Å². The molecule has 0 aliphatic heterocycles. The fourth-order valence-electron chi connectivity index (χ4n) is 1.38. The summed E-state index contributed by atoms with van der Waals surface area (Å²) in [7, 11) is 1.52. The van der Waals surface area contributed by atoms with E-state index in [2.05, 4.69) is 15.3 Å². The van der Waals surface area contributed by atoms with E-state index in [9.17, 15) is 4.79 Å². The summed E-state index contributed by atoms with van der Waals surface area (Å²) >= 11 is 0. The number of aromatic amines is 1. The molecule has 1 amide bonds. The number of ether oxygens (including phenoxy) is 1. The molecule has 4 N–H and O–H groups in total. The summed E-state index contributed by atoms with van der Waals surface area (Å²) in [5.74, 6) is 0.622. The molecule has 0 aliphatic rings. The van der Waals surface area contributed by atoms with E-state index in [1.807, 2.05) is 0 Å². The van der Waals surface area contributed by atoms with E-state index in [-0.39, 0.29) is 5.91 Å². The Morgan fingerprint density at radius 3 is 2.94 bits per heavy atom. The van der Waals surface area contributed by atoms with E-state index in [0.717, 1.165) is 0 Å². The Labute approximate surface area is 97.8 Å². The zero-order valence-electron chi connectivity index (χ0n) is 9.23. The Morgan fingerprint density at radius 2 is 2.29 bits per heavy atom. The van der Waals surface area contributed by atoms with Crippen LogP contribution in [-0.4, -0.2) is 23.0 Å². The number of nitrogen functional groups attached to an aromatic ring is 1. The van der Waals surface area contributed by atoms with Crippen LogP contribution >= 0.6 is 0 Å². The van der Waals surface area contributed by atoms with Crippen LogP contribution in [-0.2, 0) is 0 Å². The number of amides is 1. The molecule has 0 saturated heterocycles. The number of H-pyrrole nitrogens is 1. The van der Waals surface area contributed by atoms with E-state index in [1.54, 1.807) is 30.6 Å². The lowest BCUT2D eigenvalue weighted by Crippen LogP contribution is -2.13. The number of carbonyl (C=O) groups excluding carboxylic acids is 1. The molecule has 0 radical (unpaired) electrons. The fraction of sp³-hybridized carbons (Fsp3) is 0.0909. The normalized spacial score (nSPS) is 9.94. The van der Waals surface area contributed by atoms with Crippen molar-refractivity contribution in [1.29, 1.82) is 0 Å². The minimum atomic E-state index is -0.300. The van der Waals surface area contributed by atoms with E-state index in [0.29, 0.717) is 22.9 Å². The van der Waals surface area contributed by atoms with Crippen LogP contribution in [0.15, 0.2) is 30.6 Å². The van der Waals surface area contributed by atoms with Gasteiger partial charge in [0.15, 0.2) is 0 Å². The fourth-order valence-corrected chi connectivity index (χ4v) is 1.38. The van der Waals surface area contributed by atoms with Crippen LogP contribution in [0.1, 0.15) is 10.4 Å². The zero-order valence-corrected chi connectivity index (χ0v) is 9.23. The van der Waals surface area contributed by atoms with Crippen molar-refractivity contribution >= 4 is 17.5 Å². The van der Waals surface area contributed by atoms with E-state index in [1.165, 1.54) is 7.11 Å². The van der Waals surface area contributed by atoms with Crippen LogP contribution in [0.5, 0.6) is 5.75 Å². The maximum absolute atomic E-state index is 11.9. The first-order valence-corrected chi connectivity index (χ1v) is 4.94. The summed E-state index contributed by atoms with van der Waals surface area (Å²) in [6.07, 6.45) is 3.17. The molecule has 6 heteroatoms. The summed E-state index contributed by atoms with van der Waals surface area (Å²) in [6.45, 7) is 0. The van der Waals surface area contributed by atoms with Gasteiger partial charge in [-0.15, -0.1) is 0 Å². The molecule has 0 fully saturated rings. The van der Waals surface area contributed by atoms with Crippen molar-refractivity contribution in [2.75, 3.05) is 18.2 Å². The van der Waals surface area contributed by atoms with Crippen molar-refractivity contribution in [3.05, 3.63) is 36.2 Å². The van der Waals surface area contributed by atoms with Crippen LogP contribution in [0.4, 0.5) is 11.6 Å². The van der Waals surface area contributed by atoms with Gasteiger partial charge in [-0.25, -0.2) is 4.98 Å². The number of methoxy groups -OCH3 is 1. The molecule has 0 spiro atoms. The van der Waals surface area contributed by atoms with Gasteiger partial charge < -0.3 is 15.5 Å². The number of hydrogen-bond donors (Lipinski definition) is 3. The van der Waals surface area contributed by atoms with Gasteiger partial charge in [-0.2, -0.15) is 0 Å². The molecule has 6 nitrogen and oxygen atoms in total. The first kappa shape index (κ1) is 11.0. The van der Waals surface area contributed by atoms with Crippen molar-refractivity contribution in [2.24, 2.45) is 0 Å². The van der Waals surface area contributed by atoms with E-state index >= 15 is 0 Å². The number of aromatic nitrogens is 2. The van der Waals surface area contributed by atoms with Gasteiger partial charge in [-0.3, -0.25) is 10.1 Å². The van der Waals surface area contributed by atoms with Crippen LogP contribution in [0.3, 0.4) is 0 Å². The molecule has 0 aliphatic carbocycles. The minimum Gasteiger partial charge on any atom is -0.497 e. The highest BCUT2D eigenvalue weighted by molar-refractivity contribution is 6.04. The maximum Gasteiger partial charge on any atom is 0.258 e. The maximum atomic E-state index is 11.9. The average molecular weight is 232 g/mol. The summed E-state index contributed by atoms with van der Waals surface area (Å²) in [4.78, 5) is 18.5. The summed E-state index contributed by atoms with van der Waals surface area (Å²) in [5.41, 5.74) is 6.54. The molecule has 17 heavy (non-hydrogen) atoms. The van der Waals surface area contributed by atoms with Crippen molar-refractivity contribution in [1.82, 2.24) is 9.97 Å². The lowest BCUT2D eigenvalue weighted by Gasteiger charge is -2.06. The van der Waals surface area contributed by atoms with Crippen molar-refractivity contribution < 1.29 is 9.53 Å². The van der Waals surface area contributed by atoms with Crippen molar-refractivity contribution in [2.45, 2.75) is 0 Å². The predicted molar refractivity (Wildman–Crippen MR) is 63.9 cm³/mol. The number of nitrogens with zero attached hydrogens (tertiary/aromatic N) is 1. The second-order valence-electron chi connectivity index (χ2n) is 3.39. The topological polar surface area (TPSA) is 93.0 Å². The lowest BCUT2D eigenvalue weighted by atomic mass is 10.2. The Kier molecular flexibility index (Phi) is 2.95. The largest absolute Gasteiger partial charge is 0.497 e. The predicted octanol–water partition coefficient (Wildman–Crippen LogP) is 1.25. The molecule has 0 saturated carbocycles. The second kappa shape index (κ2) is 4.56. The summed E-state index contributed by atoms with van der Waals surface area (Å²) < 4.78 is 5.04. The third-order valence-electron chi connectivity index (χ3n) is 2.16. The second-order valence-corrected chi connectivity index (χ2v) is 3.39. The van der Waals surface area contributed by atoms with Crippen molar-refractivity contribution in [3.8, 4) is 5.75 Å². The van der Waals surface area contributed by atoms with Crippen LogP contribution < -0.4 is 15.8 Å². The van der Waals surface area contributed by atoms with Gasteiger partial charge in [0.25, 0.3) is 5.91 Å². The van der Waals surface area contributed by atoms with Crippen LogP contribution in [0.25, 0.3) is 0 Å². The Morgan fingerprint density at radius 1 is 1.47 bits per heavy atom. The quantitative estimate of drug-likeness (QED) is 0.694. The standard InChI is InChI=1S/C11H12N4O2/c1-17-9-5-7(4-8(12)6-9)10(16)15-11-13-2-3-14-11/h2-6H,12H2,1H3,(H2,13,14,15,16). The number of carbonyl (C=O) groups is 1. The highest BCUT2D eigenvalue weighted by Gasteiger charge is 2.09. The van der Waals surface area contributed by atoms with Gasteiger partial charge in [0, 0.05) is 29.7 Å². The monoisotopic (exact) mass is 232 g/mol. The molecule has 0 unspecified atom stereocenters. The molecular weight excluding hydrogens is 220 g/mol. The van der Waals surface area contributed by atoms with E-state index in [4.69, 9.17) is 10.5 Å². The zero-order chi connectivity index (χ0) is 12.3. The number of nitrogens with two attached hydrogens (primary N) is 1. The highest BCUT2D eigenvalue weighted by atomic mass is 16.5. The van der Waals surface area contributed by atoms with Gasteiger partial charge in [0.1, 0.15) is 5.75 Å². The number of benzene rings is 1. The van der Waals surface area contributed by atoms with Gasteiger partial charge >= 0.3 is 0 Å². The Balaban J connectivity index is 2.21. The number of imidazole rings is 1. The molecule has 1 aromatic heterocycles. The SMILES string of the molecule is COc1cc(N)cc(C(=O)Nc2ncc[nH]2)c1. The number of hydrogen-bond acceptors (Lipinski definition) is 4. The first-order valence-electron chi connectivity index (χ1n) is 4.94. The molecule has 1 aromatic carbocycles. The Bertz CT molecular complexity index is 522. The Hall–Kier alpha value is -2.50. The summed E-state index contributed by atoms with van der Waals surface area (Å²) in [6, 6.07) is 4.82. The van der Waals surface area contributed by atoms with Gasteiger partial charge in [0.05, 0.1) is 7.11 Å². The third kappa shape index (κ3) is 2.54. The molecule has 88 valence electrons. The van der Waals surface area contributed by atoms with Crippen LogP contribution in [0.2, 0.25) is 0 Å². The molecule has 1 heterocycles. The van der Waals surface area contributed by atoms with Gasteiger partial charge in [-0.1, -0.05) is 0 Å². The highest BCUT2D eigenvalue weighted by Crippen LogP contribution is 2.19. The molecule has 2 aromatic rings. The van der Waals surface area contributed by atoms with Gasteiger partial charge in [-0.05, 0) is 12.1 Å². The number of anilines is 2. The first-order chi connectivity index (χ1) is 8.19. The minimum absolute atomic E-state index is 0.300.